The maximum absolute atomic E-state index is 13.7. The summed E-state index contributed by atoms with van der Waals surface area (Å²) in [5, 5.41) is 2.53. The summed E-state index contributed by atoms with van der Waals surface area (Å²) in [4.78, 5) is 12.1. The molecule has 122 valence electrons. The lowest BCUT2D eigenvalue weighted by Crippen LogP contribution is -2.20. The van der Waals surface area contributed by atoms with E-state index >= 15 is 0 Å². The molecule has 2 aromatic carbocycles. The Morgan fingerprint density at radius 3 is 2.43 bits per heavy atom. The monoisotopic (exact) mass is 376 g/mol. The fourth-order valence-electron chi connectivity index (χ4n) is 1.74. The third-order valence-electron chi connectivity index (χ3n) is 2.94. The van der Waals surface area contributed by atoms with Crippen LogP contribution in [0.25, 0.3) is 0 Å². The zero-order valence-electron chi connectivity index (χ0n) is 11.7. The molecule has 0 unspecified atom stereocenters. The smallest absolute Gasteiger partial charge is 0.257 e. The number of carbonyl (C=O) groups is 1. The zero-order valence-corrected chi connectivity index (χ0v) is 14.1. The second kappa shape index (κ2) is 6.84. The summed E-state index contributed by atoms with van der Waals surface area (Å²) in [5.74, 6) is -1.47. The predicted molar refractivity (Wildman–Crippen MR) is 87.1 cm³/mol. The van der Waals surface area contributed by atoms with Crippen LogP contribution in [0.3, 0.4) is 0 Å². The Kier molecular flexibility index (Phi) is 5.26. The molecule has 0 fully saturated rings. The Labute approximate surface area is 142 Å². The van der Waals surface area contributed by atoms with Gasteiger partial charge in [0.25, 0.3) is 5.91 Å². The van der Waals surface area contributed by atoms with E-state index in [1.807, 2.05) is 0 Å². The largest absolute Gasteiger partial charge is 0.319 e. The molecule has 0 aliphatic heterocycles. The lowest BCUT2D eigenvalue weighted by atomic mass is 10.2. The molecule has 0 radical (unpaired) electrons. The fraction of sp³-hybridized carbons (Fsp3) is 0.0714. The molecule has 2 N–H and O–H groups in total. The Hall–Kier alpha value is -1.67. The molecule has 0 atom stereocenters. The molecule has 23 heavy (non-hydrogen) atoms. The van der Waals surface area contributed by atoms with Crippen molar-refractivity contribution >= 4 is 44.8 Å². The number of sulfonamides is 1. The number of hydrogen-bond acceptors (Lipinski definition) is 3. The van der Waals surface area contributed by atoms with Gasteiger partial charge in [0.15, 0.2) is 0 Å². The van der Waals surface area contributed by atoms with Crippen molar-refractivity contribution in [1.29, 1.82) is 0 Å². The van der Waals surface area contributed by atoms with Crippen molar-refractivity contribution in [3.63, 3.8) is 0 Å². The van der Waals surface area contributed by atoms with E-state index in [0.29, 0.717) is 0 Å². The molecule has 2 aromatic rings. The number of rotatable bonds is 4. The molecule has 9 heteroatoms. The summed E-state index contributed by atoms with van der Waals surface area (Å²) in [5.41, 5.74) is -0.199. The molecule has 0 aliphatic rings. The minimum Gasteiger partial charge on any atom is -0.319 e. The summed E-state index contributed by atoms with van der Waals surface area (Å²) in [6.07, 6.45) is 0. The van der Waals surface area contributed by atoms with Gasteiger partial charge in [-0.3, -0.25) is 4.79 Å². The highest BCUT2D eigenvalue weighted by Crippen LogP contribution is 2.23. The first-order chi connectivity index (χ1) is 10.7. The predicted octanol–water partition coefficient (Wildman–Crippen LogP) is 3.29. The van der Waals surface area contributed by atoms with Gasteiger partial charge < -0.3 is 5.32 Å². The lowest BCUT2D eigenvalue weighted by Gasteiger charge is -2.10. The maximum Gasteiger partial charge on any atom is 0.257 e. The molecule has 0 aromatic heterocycles. The van der Waals surface area contributed by atoms with Crippen LogP contribution in [0.15, 0.2) is 41.3 Å². The molecule has 0 heterocycles. The second-order valence-electron chi connectivity index (χ2n) is 4.43. The summed E-state index contributed by atoms with van der Waals surface area (Å²) < 4.78 is 39.4. The molecule has 0 aliphatic carbocycles. The third kappa shape index (κ3) is 4.00. The molecule has 0 spiro atoms. The highest BCUT2D eigenvalue weighted by atomic mass is 35.5. The van der Waals surface area contributed by atoms with Crippen LogP contribution in [0.1, 0.15) is 10.4 Å². The van der Waals surface area contributed by atoms with Gasteiger partial charge in [-0.1, -0.05) is 23.2 Å². The average Bonchev–Trinajstić information content (AvgIpc) is 2.50. The van der Waals surface area contributed by atoms with Gasteiger partial charge in [0.1, 0.15) is 5.82 Å². The highest BCUT2D eigenvalue weighted by molar-refractivity contribution is 7.89. The van der Waals surface area contributed by atoms with Crippen molar-refractivity contribution in [3.8, 4) is 0 Å². The van der Waals surface area contributed by atoms with Gasteiger partial charge in [-0.25, -0.2) is 17.5 Å². The lowest BCUT2D eigenvalue weighted by molar-refractivity contribution is 0.102. The van der Waals surface area contributed by atoms with Crippen molar-refractivity contribution in [1.82, 2.24) is 4.72 Å². The normalized spacial score (nSPS) is 11.3. The second-order valence-corrected chi connectivity index (χ2v) is 7.16. The minimum atomic E-state index is -3.74. The van der Waals surface area contributed by atoms with Crippen LogP contribution in [0.2, 0.25) is 10.0 Å². The molecule has 0 saturated carbocycles. The van der Waals surface area contributed by atoms with Gasteiger partial charge in [-0.15, -0.1) is 0 Å². The molecule has 5 nitrogen and oxygen atoms in total. The van der Waals surface area contributed by atoms with E-state index in [-0.39, 0.29) is 26.2 Å². The van der Waals surface area contributed by atoms with Gasteiger partial charge in [0.2, 0.25) is 10.0 Å². The van der Waals surface area contributed by atoms with Crippen LogP contribution >= 0.6 is 23.2 Å². The van der Waals surface area contributed by atoms with Gasteiger partial charge in [0, 0.05) is 5.02 Å². The molecule has 1 amide bonds. The number of anilines is 1. The zero-order chi connectivity index (χ0) is 17.2. The van der Waals surface area contributed by atoms with Crippen molar-refractivity contribution in [3.05, 3.63) is 57.8 Å². The van der Waals surface area contributed by atoms with E-state index in [1.165, 1.54) is 31.3 Å². The summed E-state index contributed by atoms with van der Waals surface area (Å²) in [7, 11) is -2.49. The first-order valence-electron chi connectivity index (χ1n) is 6.24. The molecular formula is C14H11Cl2FN2O3S. The van der Waals surface area contributed by atoms with Crippen LogP contribution in [0, 0.1) is 5.82 Å². The van der Waals surface area contributed by atoms with Gasteiger partial charge in [-0.2, -0.15) is 0 Å². The fourth-order valence-corrected chi connectivity index (χ4v) is 2.86. The third-order valence-corrected chi connectivity index (χ3v) is 4.92. The van der Waals surface area contributed by atoms with Crippen LogP contribution < -0.4 is 10.0 Å². The average molecular weight is 377 g/mol. The minimum absolute atomic E-state index is 0.0342. The number of benzene rings is 2. The van der Waals surface area contributed by atoms with Crippen molar-refractivity contribution in [2.24, 2.45) is 0 Å². The van der Waals surface area contributed by atoms with Crippen molar-refractivity contribution < 1.29 is 17.6 Å². The van der Waals surface area contributed by atoms with Crippen molar-refractivity contribution in [2.45, 2.75) is 4.90 Å². The van der Waals surface area contributed by atoms with Crippen molar-refractivity contribution in [2.75, 3.05) is 12.4 Å². The summed E-state index contributed by atoms with van der Waals surface area (Å²) in [6.45, 7) is 0. The van der Waals surface area contributed by atoms with Crippen LogP contribution in [0.5, 0.6) is 0 Å². The van der Waals surface area contributed by atoms with Crippen LogP contribution in [-0.4, -0.2) is 21.4 Å². The number of halogens is 3. The Morgan fingerprint density at radius 1 is 1.13 bits per heavy atom. The number of amides is 1. The highest BCUT2D eigenvalue weighted by Gasteiger charge is 2.18. The quantitative estimate of drug-likeness (QED) is 0.859. The first-order valence-corrected chi connectivity index (χ1v) is 8.48. The first kappa shape index (κ1) is 17.7. The van der Waals surface area contributed by atoms with E-state index in [2.05, 4.69) is 10.0 Å². The standard InChI is InChI=1S/C14H11Cl2FN2O3S/c1-18-23(21,22)9-3-4-11(16)10(7-9)14(20)19-13-5-2-8(15)6-12(13)17/h2-7,18H,1H3,(H,19,20). The number of hydrogen-bond donors (Lipinski definition) is 2. The van der Waals surface area contributed by atoms with E-state index in [4.69, 9.17) is 23.2 Å². The summed E-state index contributed by atoms with van der Waals surface area (Å²) in [6, 6.07) is 7.38. The van der Waals surface area contributed by atoms with Gasteiger partial charge in [0.05, 0.1) is 21.2 Å². The number of nitrogens with one attached hydrogen (secondary N) is 2. The molecule has 0 bridgehead atoms. The molecular weight excluding hydrogens is 366 g/mol. The van der Waals surface area contributed by atoms with Crippen LogP contribution in [-0.2, 0) is 10.0 Å². The van der Waals surface area contributed by atoms with Gasteiger partial charge >= 0.3 is 0 Å². The van der Waals surface area contributed by atoms with E-state index < -0.39 is 21.7 Å². The van der Waals surface area contributed by atoms with E-state index in [1.54, 1.807) is 0 Å². The molecule has 0 saturated heterocycles. The van der Waals surface area contributed by atoms with E-state index in [0.717, 1.165) is 12.1 Å². The van der Waals surface area contributed by atoms with E-state index in [9.17, 15) is 17.6 Å². The summed E-state index contributed by atoms with van der Waals surface area (Å²) >= 11 is 11.6. The molecule has 2 rings (SSSR count). The van der Waals surface area contributed by atoms with Crippen LogP contribution in [0.4, 0.5) is 10.1 Å². The van der Waals surface area contributed by atoms with Gasteiger partial charge in [-0.05, 0) is 43.4 Å². The topological polar surface area (TPSA) is 75.3 Å². The Morgan fingerprint density at radius 2 is 1.83 bits per heavy atom. The SMILES string of the molecule is CNS(=O)(=O)c1ccc(Cl)c(C(=O)Nc2ccc(Cl)cc2F)c1. The maximum atomic E-state index is 13.7. The Balaban J connectivity index is 2.37. The Bertz CT molecular complexity index is 872. The number of carbonyl (C=O) groups excluding carboxylic acids is 1.